The molecule has 5 nitrogen and oxygen atoms in total. The fraction of sp³-hybridized carbons (Fsp3) is 0.500. The van der Waals surface area contributed by atoms with Gasteiger partial charge in [-0.3, -0.25) is 14.1 Å². The molecule has 1 aliphatic heterocycles. The summed E-state index contributed by atoms with van der Waals surface area (Å²) in [6.45, 7) is 6.10. The van der Waals surface area contributed by atoms with E-state index >= 15 is 0 Å². The Labute approximate surface area is 124 Å². The van der Waals surface area contributed by atoms with Crippen LogP contribution in [0.15, 0.2) is 35.3 Å². The van der Waals surface area contributed by atoms with Gasteiger partial charge in [0.25, 0.3) is 5.56 Å². The lowest BCUT2D eigenvalue weighted by atomic mass is 10.2. The Morgan fingerprint density at radius 2 is 2.38 bits per heavy atom. The van der Waals surface area contributed by atoms with Crippen LogP contribution >= 0.6 is 0 Å². The summed E-state index contributed by atoms with van der Waals surface area (Å²) >= 11 is 0. The lowest BCUT2D eigenvalue weighted by molar-refractivity contribution is 0.197. The van der Waals surface area contributed by atoms with Gasteiger partial charge in [0.1, 0.15) is 5.65 Å². The molecule has 3 heterocycles. The molecule has 1 aliphatic rings. The van der Waals surface area contributed by atoms with Crippen LogP contribution in [0.1, 0.15) is 25.5 Å². The molecule has 2 aromatic rings. The van der Waals surface area contributed by atoms with E-state index in [1.807, 2.05) is 18.2 Å². The van der Waals surface area contributed by atoms with E-state index in [0.29, 0.717) is 6.04 Å². The van der Waals surface area contributed by atoms with E-state index in [-0.39, 0.29) is 5.56 Å². The van der Waals surface area contributed by atoms with Crippen LogP contribution in [0.2, 0.25) is 0 Å². The van der Waals surface area contributed by atoms with Gasteiger partial charge in [-0.25, -0.2) is 4.98 Å². The van der Waals surface area contributed by atoms with Crippen molar-refractivity contribution in [3.63, 3.8) is 0 Å². The summed E-state index contributed by atoms with van der Waals surface area (Å²) in [5.41, 5.74) is 1.59. The molecule has 2 aromatic heterocycles. The highest BCUT2D eigenvalue weighted by molar-refractivity contribution is 5.37. The zero-order chi connectivity index (χ0) is 14.7. The summed E-state index contributed by atoms with van der Waals surface area (Å²) in [6, 6.07) is 7.87. The standard InChI is InChI=1S/C16H22N4O/c1-2-8-19(14-6-7-17-11-14)12-13-10-16(21)20-9-4-3-5-15(20)18-13/h3-5,9-10,14,17H,2,6-8,11-12H2,1H3. The molecule has 0 saturated carbocycles. The van der Waals surface area contributed by atoms with E-state index in [1.165, 1.54) is 6.42 Å². The quantitative estimate of drug-likeness (QED) is 0.899. The van der Waals surface area contributed by atoms with Crippen LogP contribution in [0.4, 0.5) is 0 Å². The van der Waals surface area contributed by atoms with Gasteiger partial charge in [-0.15, -0.1) is 0 Å². The van der Waals surface area contributed by atoms with Gasteiger partial charge >= 0.3 is 0 Å². The van der Waals surface area contributed by atoms with Crippen LogP contribution in [0.5, 0.6) is 0 Å². The molecule has 1 unspecified atom stereocenters. The molecule has 0 spiro atoms. The van der Waals surface area contributed by atoms with Crippen molar-refractivity contribution in [2.45, 2.75) is 32.4 Å². The van der Waals surface area contributed by atoms with Crippen molar-refractivity contribution >= 4 is 5.65 Å². The van der Waals surface area contributed by atoms with Crippen LogP contribution in [0.25, 0.3) is 5.65 Å². The molecule has 0 amide bonds. The summed E-state index contributed by atoms with van der Waals surface area (Å²) in [5.74, 6) is 0. The Morgan fingerprint density at radius 3 is 3.14 bits per heavy atom. The van der Waals surface area contributed by atoms with E-state index in [1.54, 1.807) is 16.7 Å². The molecular formula is C16H22N4O. The lowest BCUT2D eigenvalue weighted by Gasteiger charge is -2.27. The van der Waals surface area contributed by atoms with Crippen molar-refractivity contribution in [2.24, 2.45) is 0 Å². The number of nitrogens with zero attached hydrogens (tertiary/aromatic N) is 3. The molecule has 1 N–H and O–H groups in total. The van der Waals surface area contributed by atoms with Crippen LogP contribution in [0.3, 0.4) is 0 Å². The average Bonchev–Trinajstić information content (AvgIpc) is 3.01. The fourth-order valence-corrected chi connectivity index (χ4v) is 3.02. The second-order valence-corrected chi connectivity index (χ2v) is 5.63. The molecule has 0 radical (unpaired) electrons. The summed E-state index contributed by atoms with van der Waals surface area (Å²) in [6.07, 6.45) is 4.05. The van der Waals surface area contributed by atoms with E-state index in [9.17, 15) is 4.79 Å². The molecule has 0 bridgehead atoms. The van der Waals surface area contributed by atoms with Crippen molar-refractivity contribution in [3.05, 3.63) is 46.5 Å². The first-order valence-corrected chi connectivity index (χ1v) is 7.70. The highest BCUT2D eigenvalue weighted by Gasteiger charge is 2.22. The molecule has 3 rings (SSSR count). The van der Waals surface area contributed by atoms with Gasteiger partial charge in [0.2, 0.25) is 0 Å². The Balaban J connectivity index is 1.86. The van der Waals surface area contributed by atoms with E-state index < -0.39 is 0 Å². The molecule has 0 aromatic carbocycles. The second-order valence-electron chi connectivity index (χ2n) is 5.63. The Morgan fingerprint density at radius 1 is 1.48 bits per heavy atom. The van der Waals surface area contributed by atoms with Gasteiger partial charge in [0.05, 0.1) is 5.69 Å². The van der Waals surface area contributed by atoms with Gasteiger partial charge in [0.15, 0.2) is 0 Å². The van der Waals surface area contributed by atoms with Crippen molar-refractivity contribution < 1.29 is 0 Å². The number of aromatic nitrogens is 2. The Hall–Kier alpha value is -1.72. The molecular weight excluding hydrogens is 264 g/mol. The zero-order valence-electron chi connectivity index (χ0n) is 12.5. The van der Waals surface area contributed by atoms with Crippen molar-refractivity contribution in [3.8, 4) is 0 Å². The number of rotatable bonds is 5. The van der Waals surface area contributed by atoms with Crippen LogP contribution in [-0.4, -0.2) is 40.0 Å². The van der Waals surface area contributed by atoms with E-state index in [4.69, 9.17) is 0 Å². The van der Waals surface area contributed by atoms with Gasteiger partial charge in [-0.05, 0) is 38.1 Å². The summed E-state index contributed by atoms with van der Waals surface area (Å²) in [5, 5.41) is 3.41. The van der Waals surface area contributed by atoms with E-state index in [2.05, 4.69) is 22.1 Å². The molecule has 1 atom stereocenters. The van der Waals surface area contributed by atoms with Crippen LogP contribution < -0.4 is 10.9 Å². The zero-order valence-corrected chi connectivity index (χ0v) is 12.5. The maximum Gasteiger partial charge on any atom is 0.258 e. The lowest BCUT2D eigenvalue weighted by Crippen LogP contribution is -2.37. The van der Waals surface area contributed by atoms with E-state index in [0.717, 1.165) is 43.9 Å². The second kappa shape index (κ2) is 6.37. The first-order chi connectivity index (χ1) is 10.3. The highest BCUT2D eigenvalue weighted by Crippen LogP contribution is 2.12. The highest BCUT2D eigenvalue weighted by atomic mass is 16.1. The average molecular weight is 286 g/mol. The summed E-state index contributed by atoms with van der Waals surface area (Å²) in [7, 11) is 0. The molecule has 5 heteroatoms. The van der Waals surface area contributed by atoms with Crippen molar-refractivity contribution in [1.29, 1.82) is 0 Å². The van der Waals surface area contributed by atoms with Gasteiger partial charge < -0.3 is 5.32 Å². The minimum atomic E-state index is -0.00315. The topological polar surface area (TPSA) is 49.6 Å². The van der Waals surface area contributed by atoms with Crippen LogP contribution in [-0.2, 0) is 6.54 Å². The first-order valence-electron chi connectivity index (χ1n) is 7.70. The predicted molar refractivity (Wildman–Crippen MR) is 83.4 cm³/mol. The Kier molecular flexibility index (Phi) is 4.31. The third kappa shape index (κ3) is 3.14. The third-order valence-electron chi connectivity index (χ3n) is 4.05. The Bertz CT molecular complexity index is 661. The monoisotopic (exact) mass is 286 g/mol. The first kappa shape index (κ1) is 14.2. The summed E-state index contributed by atoms with van der Waals surface area (Å²) in [4.78, 5) is 19.2. The maximum atomic E-state index is 12.2. The van der Waals surface area contributed by atoms with Crippen molar-refractivity contribution in [2.75, 3.05) is 19.6 Å². The largest absolute Gasteiger partial charge is 0.315 e. The van der Waals surface area contributed by atoms with Gasteiger partial charge in [-0.1, -0.05) is 13.0 Å². The SMILES string of the molecule is CCCN(Cc1cc(=O)n2ccccc2n1)C1CCNC1. The van der Waals surface area contributed by atoms with Gasteiger partial charge in [0, 0.05) is 31.4 Å². The number of pyridine rings is 1. The number of nitrogens with one attached hydrogen (secondary N) is 1. The number of hydrogen-bond acceptors (Lipinski definition) is 4. The molecule has 1 fully saturated rings. The minimum absolute atomic E-state index is 0.00315. The smallest absolute Gasteiger partial charge is 0.258 e. The number of hydrogen-bond donors (Lipinski definition) is 1. The fourth-order valence-electron chi connectivity index (χ4n) is 3.02. The molecule has 1 saturated heterocycles. The van der Waals surface area contributed by atoms with Crippen LogP contribution in [0, 0.1) is 0 Å². The van der Waals surface area contributed by atoms with Crippen molar-refractivity contribution in [1.82, 2.24) is 19.6 Å². The molecule has 112 valence electrons. The predicted octanol–water partition coefficient (Wildman–Crippen LogP) is 1.27. The maximum absolute atomic E-state index is 12.2. The number of fused-ring (bicyclic) bond motifs is 1. The normalized spacial score (nSPS) is 18.7. The van der Waals surface area contributed by atoms with Gasteiger partial charge in [-0.2, -0.15) is 0 Å². The minimum Gasteiger partial charge on any atom is -0.315 e. The third-order valence-corrected chi connectivity index (χ3v) is 4.05. The molecule has 0 aliphatic carbocycles. The molecule has 21 heavy (non-hydrogen) atoms. The summed E-state index contributed by atoms with van der Waals surface area (Å²) < 4.78 is 1.59.